The lowest BCUT2D eigenvalue weighted by molar-refractivity contribution is -0.161. The molecule has 0 amide bonds. The number of unbranched alkanes of at least 4 members (excludes halogenated alkanes) is 47. The van der Waals surface area contributed by atoms with Gasteiger partial charge in [-0.25, -0.2) is 4.57 Å². The van der Waals surface area contributed by atoms with Crippen molar-refractivity contribution in [3.8, 4) is 0 Å². The van der Waals surface area contributed by atoms with Crippen LogP contribution in [0.1, 0.15) is 373 Å². The smallest absolute Gasteiger partial charge is 0.462 e. The van der Waals surface area contributed by atoms with E-state index < -0.39 is 26.5 Å². The number of nitrogens with two attached hydrogens (primary N) is 1. The highest BCUT2D eigenvalue weighted by Gasteiger charge is 2.26. The lowest BCUT2D eigenvalue weighted by Crippen LogP contribution is -2.29. The summed E-state index contributed by atoms with van der Waals surface area (Å²) in [6.45, 7) is 3.67. The Morgan fingerprint density at radius 1 is 0.365 bits per heavy atom. The topological polar surface area (TPSA) is 134 Å². The first-order chi connectivity index (χ1) is 41.8. The SMILES string of the molecule is CC/C=C\C/C=C\C/C=C\C/C=C\C/C=C\CCCCCCCCCC(=O)OC(COC(=O)CCCCCCCCCCCCCCCCCCCCCCCCCCCCCCCCCCCCCCCCCCC)COP(=O)(O)OCCN. The van der Waals surface area contributed by atoms with Gasteiger partial charge in [0.1, 0.15) is 6.61 Å². The van der Waals surface area contributed by atoms with Crippen LogP contribution in [0.2, 0.25) is 0 Å². The molecular formula is C75H140NO8P. The van der Waals surface area contributed by atoms with Gasteiger partial charge in [0.25, 0.3) is 0 Å². The highest BCUT2D eigenvalue weighted by atomic mass is 31.2. The molecule has 10 heteroatoms. The normalized spacial score (nSPS) is 13.2. The van der Waals surface area contributed by atoms with Crippen molar-refractivity contribution < 1.29 is 37.6 Å². The van der Waals surface area contributed by atoms with Crippen LogP contribution < -0.4 is 5.73 Å². The third-order valence-corrected chi connectivity index (χ3v) is 17.4. The zero-order chi connectivity index (χ0) is 61.6. The number of phosphoric ester groups is 1. The Labute approximate surface area is 527 Å². The predicted molar refractivity (Wildman–Crippen MR) is 367 cm³/mol. The minimum absolute atomic E-state index is 0.0505. The van der Waals surface area contributed by atoms with Crippen LogP contribution in [-0.2, 0) is 32.7 Å². The van der Waals surface area contributed by atoms with E-state index in [0.29, 0.717) is 6.42 Å². The van der Waals surface area contributed by atoms with Gasteiger partial charge in [0, 0.05) is 19.4 Å². The van der Waals surface area contributed by atoms with Crippen LogP contribution in [0.5, 0.6) is 0 Å². The molecule has 0 aliphatic rings. The standard InChI is InChI=1S/C75H140NO8P/c1-3-5-7-9-11-13-15-17-19-21-23-25-27-28-29-30-31-32-33-34-35-36-37-38-39-40-41-42-43-44-46-47-49-51-53-55-57-59-61-63-65-67-74(77)81-71-73(72-83-85(79,80)82-70-69-76)84-75(78)68-66-64-62-60-58-56-54-52-50-48-45-26-24-22-20-18-16-14-12-10-8-6-4-2/h6,8,12,14,18,20,24,26,48,50,73H,3-5,7,9-11,13,15-17,19,21-23,25,27-47,49,51-72,76H2,1-2H3,(H,79,80)/b8-6-,14-12-,20-18-,26-24-,50-48-. The molecule has 0 bridgehead atoms. The number of hydrogen-bond donors (Lipinski definition) is 2. The molecule has 85 heavy (non-hydrogen) atoms. The number of hydrogen-bond acceptors (Lipinski definition) is 8. The lowest BCUT2D eigenvalue weighted by Gasteiger charge is -2.19. The van der Waals surface area contributed by atoms with Crippen LogP contribution in [0.3, 0.4) is 0 Å². The van der Waals surface area contributed by atoms with E-state index in [0.717, 1.165) is 77.0 Å². The van der Waals surface area contributed by atoms with Gasteiger partial charge in [-0.15, -0.1) is 0 Å². The second-order valence-corrected chi connectivity index (χ2v) is 26.2. The molecule has 0 spiro atoms. The molecule has 0 heterocycles. The summed E-state index contributed by atoms with van der Waals surface area (Å²) in [7, 11) is -4.40. The summed E-state index contributed by atoms with van der Waals surface area (Å²) in [4.78, 5) is 35.3. The summed E-state index contributed by atoms with van der Waals surface area (Å²) in [5.41, 5.74) is 5.40. The van der Waals surface area contributed by atoms with Gasteiger partial charge in [-0.1, -0.05) is 364 Å². The maximum absolute atomic E-state index is 12.7. The van der Waals surface area contributed by atoms with Gasteiger partial charge in [0.15, 0.2) is 6.10 Å². The Balaban J connectivity index is 3.75. The Hall–Kier alpha value is -2.29. The molecule has 0 aliphatic heterocycles. The average Bonchev–Trinajstić information content (AvgIpc) is 3.52. The van der Waals surface area contributed by atoms with E-state index in [1.165, 1.54) is 263 Å². The van der Waals surface area contributed by atoms with Crippen molar-refractivity contribution in [2.45, 2.75) is 380 Å². The number of allylic oxidation sites excluding steroid dienone is 10. The van der Waals surface area contributed by atoms with Crippen molar-refractivity contribution in [2.75, 3.05) is 26.4 Å². The molecule has 0 aromatic carbocycles. The maximum atomic E-state index is 12.7. The van der Waals surface area contributed by atoms with Crippen LogP contribution in [0, 0.1) is 0 Å². The number of carbonyl (C=O) groups excluding carboxylic acids is 2. The number of ether oxygens (including phenoxy) is 2. The third-order valence-electron chi connectivity index (χ3n) is 16.4. The fourth-order valence-electron chi connectivity index (χ4n) is 11.0. The molecule has 0 aliphatic carbocycles. The van der Waals surface area contributed by atoms with Crippen LogP contribution in [0.15, 0.2) is 60.8 Å². The van der Waals surface area contributed by atoms with Gasteiger partial charge in [-0.3, -0.25) is 18.6 Å². The van der Waals surface area contributed by atoms with Crippen LogP contribution in [-0.4, -0.2) is 49.3 Å². The van der Waals surface area contributed by atoms with Gasteiger partial charge in [0.2, 0.25) is 0 Å². The van der Waals surface area contributed by atoms with Gasteiger partial charge < -0.3 is 20.1 Å². The summed E-state index contributed by atoms with van der Waals surface area (Å²) < 4.78 is 33.2. The van der Waals surface area contributed by atoms with Crippen LogP contribution in [0.4, 0.5) is 0 Å². The fraction of sp³-hybridized carbons (Fsp3) is 0.840. The largest absolute Gasteiger partial charge is 0.472 e. The lowest BCUT2D eigenvalue weighted by atomic mass is 10.0. The number of carbonyl (C=O) groups is 2. The molecule has 0 saturated heterocycles. The van der Waals surface area contributed by atoms with Gasteiger partial charge in [0.05, 0.1) is 13.2 Å². The van der Waals surface area contributed by atoms with E-state index in [-0.39, 0.29) is 38.6 Å². The van der Waals surface area contributed by atoms with Gasteiger partial charge in [-0.2, -0.15) is 0 Å². The summed E-state index contributed by atoms with van der Waals surface area (Å²) in [6.07, 6.45) is 92.1. The van der Waals surface area contributed by atoms with Gasteiger partial charge >= 0.3 is 19.8 Å². The van der Waals surface area contributed by atoms with Crippen molar-refractivity contribution in [2.24, 2.45) is 5.73 Å². The molecular weight excluding hydrogens is 1070 g/mol. The van der Waals surface area contributed by atoms with E-state index in [4.69, 9.17) is 24.3 Å². The number of phosphoric acid groups is 1. The van der Waals surface area contributed by atoms with E-state index in [9.17, 15) is 19.0 Å². The second kappa shape index (κ2) is 70.8. The molecule has 0 fully saturated rings. The highest BCUT2D eigenvalue weighted by molar-refractivity contribution is 7.47. The molecule has 0 aromatic heterocycles. The Morgan fingerprint density at radius 2 is 0.647 bits per heavy atom. The molecule has 0 saturated carbocycles. The molecule has 9 nitrogen and oxygen atoms in total. The van der Waals surface area contributed by atoms with Crippen molar-refractivity contribution in [3.63, 3.8) is 0 Å². The van der Waals surface area contributed by atoms with Gasteiger partial charge in [-0.05, 0) is 57.8 Å². The first-order valence-corrected chi connectivity index (χ1v) is 38.3. The first kappa shape index (κ1) is 82.7. The zero-order valence-electron chi connectivity index (χ0n) is 56.1. The van der Waals surface area contributed by atoms with Crippen LogP contribution in [0.25, 0.3) is 0 Å². The van der Waals surface area contributed by atoms with E-state index in [1.54, 1.807) is 0 Å². The summed E-state index contributed by atoms with van der Waals surface area (Å²) in [6, 6.07) is 0. The van der Waals surface area contributed by atoms with E-state index in [2.05, 4.69) is 74.6 Å². The monoisotopic (exact) mass is 1210 g/mol. The minimum atomic E-state index is -4.40. The number of esters is 2. The first-order valence-electron chi connectivity index (χ1n) is 36.8. The molecule has 2 atom stereocenters. The summed E-state index contributed by atoms with van der Waals surface area (Å²) in [5.74, 6) is -0.827. The average molecular weight is 1210 g/mol. The molecule has 0 rings (SSSR count). The van der Waals surface area contributed by atoms with Crippen molar-refractivity contribution in [1.29, 1.82) is 0 Å². The minimum Gasteiger partial charge on any atom is -0.462 e. The van der Waals surface area contributed by atoms with Crippen molar-refractivity contribution >= 4 is 19.8 Å². The quantitative estimate of drug-likeness (QED) is 0.0264. The van der Waals surface area contributed by atoms with Crippen molar-refractivity contribution in [3.05, 3.63) is 60.8 Å². The molecule has 0 radical (unpaired) electrons. The molecule has 2 unspecified atom stereocenters. The van der Waals surface area contributed by atoms with Crippen molar-refractivity contribution in [1.82, 2.24) is 0 Å². The predicted octanol–water partition coefficient (Wildman–Crippen LogP) is 24.2. The summed E-state index contributed by atoms with van der Waals surface area (Å²) >= 11 is 0. The fourth-order valence-corrected chi connectivity index (χ4v) is 11.8. The van der Waals surface area contributed by atoms with Crippen LogP contribution >= 0.6 is 7.82 Å². The Bertz CT molecular complexity index is 1580. The maximum Gasteiger partial charge on any atom is 0.472 e. The third kappa shape index (κ3) is 70.7. The summed E-state index contributed by atoms with van der Waals surface area (Å²) in [5, 5.41) is 0. The molecule has 3 N–H and O–H groups in total. The second-order valence-electron chi connectivity index (χ2n) is 24.8. The van der Waals surface area contributed by atoms with E-state index >= 15 is 0 Å². The molecule has 498 valence electrons. The highest BCUT2D eigenvalue weighted by Crippen LogP contribution is 2.43. The van der Waals surface area contributed by atoms with E-state index in [1.807, 2.05) is 0 Å². The number of rotatable bonds is 70. The Kier molecular flexibility index (Phi) is 68.9. The Morgan fingerprint density at radius 3 is 0.965 bits per heavy atom. The zero-order valence-corrected chi connectivity index (χ0v) is 57.0. The molecule has 0 aromatic rings.